The minimum Gasteiger partial charge on any atom is -0.496 e. The van der Waals surface area contributed by atoms with Crippen LogP contribution in [0.15, 0.2) is 71.6 Å². The Labute approximate surface area is 148 Å². The number of hydrogen-bond donors (Lipinski definition) is 0. The van der Waals surface area contributed by atoms with Crippen molar-refractivity contribution in [1.29, 1.82) is 0 Å². The van der Waals surface area contributed by atoms with Gasteiger partial charge in [-0.05, 0) is 17.7 Å². The predicted molar refractivity (Wildman–Crippen MR) is 100 cm³/mol. The monoisotopic (exact) mass is 355 g/mol. The van der Waals surface area contributed by atoms with Crippen molar-refractivity contribution in [1.82, 2.24) is 4.31 Å². The molecule has 0 aliphatic carbocycles. The highest BCUT2D eigenvalue weighted by Gasteiger charge is 2.26. The van der Waals surface area contributed by atoms with Gasteiger partial charge in [-0.15, -0.1) is 0 Å². The Morgan fingerprint density at radius 3 is 2.16 bits per heavy atom. The molecule has 3 aromatic rings. The fraction of sp³-hybridized carbons (Fsp3) is 0.200. The SMILES string of the molecule is CCN(Cc1ccccc1)S(=O)(=O)c1ccc(OC)c2ccccc12. The van der Waals surface area contributed by atoms with Crippen LogP contribution in [0.1, 0.15) is 12.5 Å². The molecule has 0 bridgehead atoms. The Morgan fingerprint density at radius 1 is 0.880 bits per heavy atom. The van der Waals surface area contributed by atoms with E-state index in [0.29, 0.717) is 29.1 Å². The van der Waals surface area contributed by atoms with E-state index in [1.807, 2.05) is 61.5 Å². The molecular weight excluding hydrogens is 334 g/mol. The van der Waals surface area contributed by atoms with E-state index in [-0.39, 0.29) is 0 Å². The molecule has 0 aliphatic heterocycles. The van der Waals surface area contributed by atoms with Gasteiger partial charge in [0, 0.05) is 23.9 Å². The van der Waals surface area contributed by atoms with Crippen LogP contribution in [0.5, 0.6) is 5.75 Å². The third-order valence-corrected chi connectivity index (χ3v) is 6.22. The quantitative estimate of drug-likeness (QED) is 0.670. The van der Waals surface area contributed by atoms with Crippen molar-refractivity contribution in [2.24, 2.45) is 0 Å². The number of rotatable bonds is 6. The van der Waals surface area contributed by atoms with Gasteiger partial charge in [-0.1, -0.05) is 61.5 Å². The highest BCUT2D eigenvalue weighted by molar-refractivity contribution is 7.89. The van der Waals surface area contributed by atoms with Gasteiger partial charge in [-0.2, -0.15) is 4.31 Å². The molecule has 5 heteroatoms. The van der Waals surface area contributed by atoms with Crippen molar-refractivity contribution in [2.75, 3.05) is 13.7 Å². The molecule has 0 atom stereocenters. The fourth-order valence-electron chi connectivity index (χ4n) is 2.94. The summed E-state index contributed by atoms with van der Waals surface area (Å²) in [6.07, 6.45) is 0. The van der Waals surface area contributed by atoms with Gasteiger partial charge >= 0.3 is 0 Å². The smallest absolute Gasteiger partial charge is 0.243 e. The molecule has 0 saturated heterocycles. The molecule has 0 spiro atoms. The highest BCUT2D eigenvalue weighted by atomic mass is 32.2. The van der Waals surface area contributed by atoms with Crippen LogP contribution < -0.4 is 4.74 Å². The van der Waals surface area contributed by atoms with Gasteiger partial charge in [0.25, 0.3) is 0 Å². The van der Waals surface area contributed by atoms with Crippen molar-refractivity contribution in [3.63, 3.8) is 0 Å². The van der Waals surface area contributed by atoms with Crippen LogP contribution in [-0.4, -0.2) is 26.4 Å². The van der Waals surface area contributed by atoms with E-state index < -0.39 is 10.0 Å². The summed E-state index contributed by atoms with van der Waals surface area (Å²) in [5, 5.41) is 1.47. The molecule has 0 amide bonds. The molecule has 130 valence electrons. The number of methoxy groups -OCH3 is 1. The van der Waals surface area contributed by atoms with E-state index in [9.17, 15) is 8.42 Å². The van der Waals surface area contributed by atoms with Gasteiger partial charge < -0.3 is 4.74 Å². The lowest BCUT2D eigenvalue weighted by molar-refractivity contribution is 0.418. The number of fused-ring (bicyclic) bond motifs is 1. The Morgan fingerprint density at radius 2 is 1.52 bits per heavy atom. The second-order valence-corrected chi connectivity index (χ2v) is 7.63. The molecule has 3 aromatic carbocycles. The first kappa shape index (κ1) is 17.5. The van der Waals surface area contributed by atoms with Crippen LogP contribution in [0.3, 0.4) is 0 Å². The maximum absolute atomic E-state index is 13.3. The predicted octanol–water partition coefficient (Wildman–Crippen LogP) is 4.06. The summed E-state index contributed by atoms with van der Waals surface area (Å²) >= 11 is 0. The Hall–Kier alpha value is -2.37. The first-order valence-electron chi connectivity index (χ1n) is 8.17. The average Bonchev–Trinajstić information content (AvgIpc) is 2.65. The zero-order valence-corrected chi connectivity index (χ0v) is 15.2. The lowest BCUT2D eigenvalue weighted by atomic mass is 10.1. The van der Waals surface area contributed by atoms with Crippen LogP contribution in [-0.2, 0) is 16.6 Å². The molecule has 25 heavy (non-hydrogen) atoms. The third kappa shape index (κ3) is 3.38. The number of sulfonamides is 1. The molecule has 0 aliphatic rings. The van der Waals surface area contributed by atoms with Crippen LogP contribution in [0.2, 0.25) is 0 Å². The summed E-state index contributed by atoms with van der Waals surface area (Å²) in [5.41, 5.74) is 0.964. The maximum atomic E-state index is 13.3. The van der Waals surface area contributed by atoms with Gasteiger partial charge in [-0.25, -0.2) is 8.42 Å². The summed E-state index contributed by atoms with van der Waals surface area (Å²) < 4.78 is 33.4. The molecule has 0 heterocycles. The normalized spacial score (nSPS) is 11.8. The van der Waals surface area contributed by atoms with Crippen LogP contribution >= 0.6 is 0 Å². The van der Waals surface area contributed by atoms with E-state index in [4.69, 9.17) is 4.74 Å². The highest BCUT2D eigenvalue weighted by Crippen LogP contribution is 2.32. The standard InChI is InChI=1S/C20H21NO3S/c1-3-21(15-16-9-5-4-6-10-16)25(22,23)20-14-13-19(24-2)17-11-7-8-12-18(17)20/h4-14H,3,15H2,1-2H3. The van der Waals surface area contributed by atoms with Gasteiger partial charge in [-0.3, -0.25) is 0 Å². The van der Waals surface area contributed by atoms with E-state index in [0.717, 1.165) is 10.9 Å². The number of hydrogen-bond acceptors (Lipinski definition) is 3. The average molecular weight is 355 g/mol. The Bertz CT molecular complexity index is 969. The third-order valence-electron chi connectivity index (χ3n) is 4.24. The van der Waals surface area contributed by atoms with E-state index in [1.54, 1.807) is 19.2 Å². The maximum Gasteiger partial charge on any atom is 0.243 e. The molecular formula is C20H21NO3S. The first-order chi connectivity index (χ1) is 12.1. The minimum absolute atomic E-state index is 0.307. The van der Waals surface area contributed by atoms with Crippen molar-refractivity contribution < 1.29 is 13.2 Å². The van der Waals surface area contributed by atoms with Crippen LogP contribution in [0, 0.1) is 0 Å². The zero-order chi connectivity index (χ0) is 17.9. The lowest BCUT2D eigenvalue weighted by Gasteiger charge is -2.22. The Balaban J connectivity index is 2.09. The van der Waals surface area contributed by atoms with Crippen molar-refractivity contribution >= 4 is 20.8 Å². The molecule has 0 N–H and O–H groups in total. The van der Waals surface area contributed by atoms with Gasteiger partial charge in [0.15, 0.2) is 0 Å². The molecule has 3 rings (SSSR count). The first-order valence-corrected chi connectivity index (χ1v) is 9.61. The van der Waals surface area contributed by atoms with Crippen LogP contribution in [0.4, 0.5) is 0 Å². The summed E-state index contributed by atoms with van der Waals surface area (Å²) in [7, 11) is -2.04. The van der Waals surface area contributed by atoms with Gasteiger partial charge in [0.2, 0.25) is 10.0 Å². The number of benzene rings is 3. The van der Waals surface area contributed by atoms with Gasteiger partial charge in [0.05, 0.1) is 12.0 Å². The molecule has 4 nitrogen and oxygen atoms in total. The minimum atomic E-state index is -3.62. The van der Waals surface area contributed by atoms with E-state index >= 15 is 0 Å². The summed E-state index contributed by atoms with van der Waals surface area (Å²) in [5.74, 6) is 0.667. The number of nitrogens with zero attached hydrogens (tertiary/aromatic N) is 1. The zero-order valence-electron chi connectivity index (χ0n) is 14.3. The summed E-state index contributed by atoms with van der Waals surface area (Å²) in [4.78, 5) is 0.307. The van der Waals surface area contributed by atoms with E-state index in [2.05, 4.69) is 0 Å². The molecule has 0 saturated carbocycles. The molecule has 0 unspecified atom stereocenters. The van der Waals surface area contributed by atoms with E-state index in [1.165, 1.54) is 4.31 Å². The van der Waals surface area contributed by atoms with Crippen LogP contribution in [0.25, 0.3) is 10.8 Å². The topological polar surface area (TPSA) is 46.6 Å². The second-order valence-electron chi connectivity index (χ2n) is 5.73. The van der Waals surface area contributed by atoms with Crippen molar-refractivity contribution in [2.45, 2.75) is 18.4 Å². The largest absolute Gasteiger partial charge is 0.496 e. The van der Waals surface area contributed by atoms with Gasteiger partial charge in [0.1, 0.15) is 5.75 Å². The summed E-state index contributed by atoms with van der Waals surface area (Å²) in [6.45, 7) is 2.60. The van der Waals surface area contributed by atoms with Crippen molar-refractivity contribution in [3.8, 4) is 5.75 Å². The summed E-state index contributed by atoms with van der Waals surface area (Å²) in [6, 6.07) is 20.4. The molecule has 0 aromatic heterocycles. The second kappa shape index (κ2) is 7.25. The lowest BCUT2D eigenvalue weighted by Crippen LogP contribution is -2.30. The molecule has 0 fully saturated rings. The number of ether oxygens (including phenoxy) is 1. The van der Waals surface area contributed by atoms with Crippen molar-refractivity contribution in [3.05, 3.63) is 72.3 Å². The Kier molecular flexibility index (Phi) is 5.06. The fourth-order valence-corrected chi connectivity index (χ4v) is 4.57. The molecule has 0 radical (unpaired) electrons.